The Morgan fingerprint density at radius 2 is 1.20 bits per heavy atom. The van der Waals surface area contributed by atoms with Crippen molar-refractivity contribution < 1.29 is 0 Å². The van der Waals surface area contributed by atoms with E-state index in [0.29, 0.717) is 12.1 Å². The van der Waals surface area contributed by atoms with Gasteiger partial charge in [-0.2, -0.15) is 0 Å². The van der Waals surface area contributed by atoms with Crippen molar-refractivity contribution in [1.82, 2.24) is 4.90 Å². The van der Waals surface area contributed by atoms with E-state index in [9.17, 15) is 0 Å². The van der Waals surface area contributed by atoms with Gasteiger partial charge in [-0.3, -0.25) is 0 Å². The fourth-order valence-electron chi connectivity index (χ4n) is 1.79. The lowest BCUT2D eigenvalue weighted by Crippen LogP contribution is -2.43. The molecule has 0 saturated heterocycles. The lowest BCUT2D eigenvalue weighted by molar-refractivity contribution is 0.164. The van der Waals surface area contributed by atoms with Gasteiger partial charge in [0, 0.05) is 12.1 Å². The topological polar surface area (TPSA) is 3.24 Å². The molecule has 0 spiro atoms. The van der Waals surface area contributed by atoms with Crippen LogP contribution in [0, 0.1) is 0 Å². The molecule has 10 heavy (non-hydrogen) atoms. The van der Waals surface area contributed by atoms with Gasteiger partial charge in [0.15, 0.2) is 0 Å². The van der Waals surface area contributed by atoms with Crippen LogP contribution in [0.4, 0.5) is 0 Å². The summed E-state index contributed by atoms with van der Waals surface area (Å²) in [5.74, 6) is 0. The first-order valence-electron chi connectivity index (χ1n) is 4.24. The van der Waals surface area contributed by atoms with Gasteiger partial charge >= 0.3 is 0 Å². The van der Waals surface area contributed by atoms with Crippen LogP contribution in [0.15, 0.2) is 0 Å². The molecule has 0 bridgehead atoms. The fourth-order valence-corrected chi connectivity index (χ4v) is 2.98. The largest absolute Gasteiger partial charge is 0.310 e. The summed E-state index contributed by atoms with van der Waals surface area (Å²) in [5, 5.41) is 0. The maximum Gasteiger partial charge on any atom is 0.239 e. The third kappa shape index (κ3) is 3.05. The molecule has 0 aromatic heterocycles. The normalized spacial score (nSPS) is 15.2. The molecule has 1 atom stereocenters. The average Bonchev–Trinajstić information content (AvgIpc) is 1.59. The standard InChI is InChI=1S/C8H18N.Al.2H/c1-6-9(7(2)3)8(4)5;;;/h6-8H,1-5H3;;;. The molecule has 0 aromatic carbocycles. The molecule has 0 saturated carbocycles. The van der Waals surface area contributed by atoms with E-state index < -0.39 is 0 Å². The van der Waals surface area contributed by atoms with Crippen molar-refractivity contribution in [2.75, 3.05) is 0 Å². The first-order valence-corrected chi connectivity index (χ1v) is 5.39. The monoisotopic (exact) mass is 157 g/mol. The minimum absolute atomic E-state index is 0.701. The molecule has 1 nitrogen and oxygen atoms in total. The van der Waals surface area contributed by atoms with Crippen LogP contribution in [0.5, 0.6) is 0 Å². The van der Waals surface area contributed by atoms with Crippen molar-refractivity contribution in [2.45, 2.75) is 51.6 Å². The van der Waals surface area contributed by atoms with Crippen molar-refractivity contribution in [3.8, 4) is 0 Å². The van der Waals surface area contributed by atoms with Crippen LogP contribution in [-0.2, 0) is 0 Å². The number of hydrogen-bond donors (Lipinski definition) is 0. The third-order valence-electron chi connectivity index (χ3n) is 1.79. The zero-order chi connectivity index (χ0) is 8.31. The summed E-state index contributed by atoms with van der Waals surface area (Å²) in [6.45, 7) is 11.4. The summed E-state index contributed by atoms with van der Waals surface area (Å²) in [6, 6.07) is 1.40. The smallest absolute Gasteiger partial charge is 0.239 e. The summed E-state index contributed by atoms with van der Waals surface area (Å²) in [7, 11) is 0. The molecule has 2 heteroatoms. The molecular weight excluding hydrogens is 137 g/mol. The molecule has 0 amide bonds. The lowest BCUT2D eigenvalue weighted by atomic mass is 10.2. The van der Waals surface area contributed by atoms with E-state index in [2.05, 4.69) is 39.5 Å². The fraction of sp³-hybridized carbons (Fsp3) is 1.00. The van der Waals surface area contributed by atoms with E-state index in [4.69, 9.17) is 0 Å². The van der Waals surface area contributed by atoms with Gasteiger partial charge in [0.05, 0.1) is 0 Å². The van der Waals surface area contributed by atoms with Crippen LogP contribution < -0.4 is 0 Å². The maximum atomic E-state index is 2.56. The predicted octanol–water partition coefficient (Wildman–Crippen LogP) is 1.08. The molecule has 0 N–H and O–H groups in total. The van der Waals surface area contributed by atoms with Crippen LogP contribution in [0.3, 0.4) is 0 Å². The molecule has 0 aliphatic heterocycles. The number of nitrogens with zero attached hydrogens (tertiary/aromatic N) is 1. The lowest BCUT2D eigenvalue weighted by Gasteiger charge is -2.34. The van der Waals surface area contributed by atoms with Crippen LogP contribution in [0.2, 0.25) is 0 Å². The third-order valence-corrected chi connectivity index (χ3v) is 2.39. The molecule has 60 valence electrons. The Hall–Kier alpha value is 0.492. The molecule has 0 fully saturated rings. The summed E-state index contributed by atoms with van der Waals surface area (Å²) >= 11 is 1.27. The van der Waals surface area contributed by atoms with Gasteiger partial charge in [0.1, 0.15) is 0 Å². The van der Waals surface area contributed by atoms with Gasteiger partial charge in [0.2, 0.25) is 16.3 Å². The summed E-state index contributed by atoms with van der Waals surface area (Å²) in [5.41, 5.74) is 0. The van der Waals surface area contributed by atoms with Crippen molar-refractivity contribution in [3.63, 3.8) is 0 Å². The highest BCUT2D eigenvalue weighted by atomic mass is 27.0. The van der Waals surface area contributed by atoms with E-state index in [1.807, 2.05) is 0 Å². The number of hydrogen-bond acceptors (Lipinski definition) is 1. The Labute approximate surface area is 73.2 Å². The van der Waals surface area contributed by atoms with E-state index in [1.54, 1.807) is 0 Å². The highest BCUT2D eigenvalue weighted by Gasteiger charge is 2.15. The second-order valence-electron chi connectivity index (χ2n) is 3.73. The van der Waals surface area contributed by atoms with E-state index >= 15 is 0 Å². The van der Waals surface area contributed by atoms with Crippen molar-refractivity contribution >= 4 is 16.3 Å². The van der Waals surface area contributed by atoms with Crippen molar-refractivity contribution in [1.29, 1.82) is 0 Å². The molecular formula is C8H20AlN. The van der Waals surface area contributed by atoms with Gasteiger partial charge in [-0.1, -0.05) is 6.92 Å². The first kappa shape index (κ1) is 10.5. The summed E-state index contributed by atoms with van der Waals surface area (Å²) < 4.78 is 0. The zero-order valence-electron chi connectivity index (χ0n) is 8.18. The highest BCUT2D eigenvalue weighted by molar-refractivity contribution is 6.11. The van der Waals surface area contributed by atoms with Crippen LogP contribution in [-0.4, -0.2) is 38.2 Å². The summed E-state index contributed by atoms with van der Waals surface area (Å²) in [4.78, 5) is 3.37. The average molecular weight is 157 g/mol. The molecule has 0 radical (unpaired) electrons. The van der Waals surface area contributed by atoms with Gasteiger partial charge in [-0.15, -0.1) is 0 Å². The van der Waals surface area contributed by atoms with Crippen LogP contribution >= 0.6 is 0 Å². The minimum Gasteiger partial charge on any atom is -0.310 e. The second kappa shape index (κ2) is 4.39. The van der Waals surface area contributed by atoms with Gasteiger partial charge in [-0.25, -0.2) is 0 Å². The highest BCUT2D eigenvalue weighted by Crippen LogP contribution is 2.07. The Morgan fingerprint density at radius 1 is 0.900 bits per heavy atom. The molecule has 0 aliphatic rings. The van der Waals surface area contributed by atoms with Gasteiger partial charge in [-0.05, 0) is 32.6 Å². The molecule has 0 aromatic rings. The van der Waals surface area contributed by atoms with E-state index in [-0.39, 0.29) is 0 Å². The van der Waals surface area contributed by atoms with E-state index in [1.165, 1.54) is 16.3 Å². The van der Waals surface area contributed by atoms with Crippen LogP contribution in [0.1, 0.15) is 34.6 Å². The molecule has 0 heterocycles. The number of rotatable bonds is 3. The van der Waals surface area contributed by atoms with E-state index in [0.717, 1.165) is 4.90 Å². The SMILES string of the molecule is CC(C)N(C(C)C)[CH](C)[AlH2]. The molecule has 0 rings (SSSR count). The van der Waals surface area contributed by atoms with Gasteiger partial charge in [0.25, 0.3) is 0 Å². The minimum atomic E-state index is 0.701. The predicted molar refractivity (Wildman–Crippen MR) is 50.1 cm³/mol. The van der Waals surface area contributed by atoms with Crippen LogP contribution in [0.25, 0.3) is 0 Å². The summed E-state index contributed by atoms with van der Waals surface area (Å²) in [6.07, 6.45) is 0. The quantitative estimate of drug-likeness (QED) is 0.554. The maximum absolute atomic E-state index is 2.56. The first-order chi connectivity index (χ1) is 4.46. The Balaban J connectivity index is 3.98. The Kier molecular flexibility index (Phi) is 4.60. The zero-order valence-corrected chi connectivity index (χ0v) is 10.2. The Morgan fingerprint density at radius 3 is 1.20 bits per heavy atom. The van der Waals surface area contributed by atoms with Crippen molar-refractivity contribution in [3.05, 3.63) is 0 Å². The van der Waals surface area contributed by atoms with Crippen molar-refractivity contribution in [2.24, 2.45) is 0 Å². The molecule has 0 aliphatic carbocycles. The Bertz CT molecular complexity index is 70.2. The second-order valence-corrected chi connectivity index (χ2v) is 5.40. The molecule has 1 unspecified atom stereocenters. The van der Waals surface area contributed by atoms with Gasteiger partial charge < -0.3 is 4.90 Å².